The maximum atomic E-state index is 12.3. The molecule has 2 heterocycles. The average Bonchev–Trinajstić information content (AvgIpc) is 2.91. The van der Waals surface area contributed by atoms with Crippen molar-refractivity contribution in [2.75, 3.05) is 19.6 Å². The van der Waals surface area contributed by atoms with Crippen LogP contribution in [0.4, 0.5) is 0 Å². The first-order valence-electron chi connectivity index (χ1n) is 5.52. The summed E-state index contributed by atoms with van der Waals surface area (Å²) in [4.78, 5) is 3.44. The maximum absolute atomic E-state index is 12.3. The van der Waals surface area contributed by atoms with Crippen LogP contribution in [0.15, 0.2) is 35.2 Å². The highest BCUT2D eigenvalue weighted by atomic mass is 32.2. The Kier molecular flexibility index (Phi) is 2.37. The van der Waals surface area contributed by atoms with Gasteiger partial charge in [-0.25, -0.2) is 0 Å². The number of hydrogen-bond donors (Lipinski definition) is 0. The molecule has 2 saturated heterocycles. The van der Waals surface area contributed by atoms with Gasteiger partial charge in [-0.3, -0.25) is 4.21 Å². The molecule has 2 nitrogen and oxygen atoms in total. The summed E-state index contributed by atoms with van der Waals surface area (Å²) < 4.78 is 12.3. The molecule has 3 rings (SSSR count). The lowest BCUT2D eigenvalue weighted by Crippen LogP contribution is -2.31. The number of nitrogens with zero attached hydrogens (tertiary/aromatic N) is 1. The lowest BCUT2D eigenvalue weighted by Gasteiger charge is -2.21. The number of benzene rings is 1. The van der Waals surface area contributed by atoms with E-state index < -0.39 is 10.8 Å². The van der Waals surface area contributed by atoms with E-state index in [1.54, 1.807) is 0 Å². The van der Waals surface area contributed by atoms with Gasteiger partial charge in [0.25, 0.3) is 0 Å². The summed E-state index contributed by atoms with van der Waals surface area (Å²) in [6.07, 6.45) is 1.24. The van der Waals surface area contributed by atoms with Crippen LogP contribution >= 0.6 is 0 Å². The predicted octanol–water partition coefficient (Wildman–Crippen LogP) is 1.50. The molecule has 2 fully saturated rings. The molecule has 0 spiro atoms. The van der Waals surface area contributed by atoms with E-state index in [2.05, 4.69) is 4.90 Å². The van der Waals surface area contributed by atoms with Crippen LogP contribution in [0.1, 0.15) is 6.42 Å². The molecule has 80 valence electrons. The first-order chi connectivity index (χ1) is 7.34. The van der Waals surface area contributed by atoms with Crippen molar-refractivity contribution in [2.45, 2.75) is 16.6 Å². The molecule has 4 unspecified atom stereocenters. The van der Waals surface area contributed by atoms with E-state index in [1.165, 1.54) is 19.5 Å². The summed E-state index contributed by atoms with van der Waals surface area (Å²) >= 11 is 0. The lowest BCUT2D eigenvalue weighted by molar-refractivity contribution is 0.370. The molecule has 0 radical (unpaired) electrons. The van der Waals surface area contributed by atoms with E-state index in [-0.39, 0.29) is 0 Å². The Morgan fingerprint density at radius 1 is 1.20 bits per heavy atom. The van der Waals surface area contributed by atoms with Crippen LogP contribution in [0.25, 0.3) is 0 Å². The predicted molar refractivity (Wildman–Crippen MR) is 61.2 cm³/mol. The molecule has 1 aromatic rings. The minimum atomic E-state index is -0.800. The van der Waals surface area contributed by atoms with Crippen molar-refractivity contribution in [1.82, 2.24) is 4.90 Å². The molecule has 0 saturated carbocycles. The second-order valence-corrected chi connectivity index (χ2v) is 6.13. The monoisotopic (exact) mass is 221 g/mol. The second kappa shape index (κ2) is 3.72. The number of rotatable bonds is 2. The number of fused-ring (bicyclic) bond motifs is 2. The van der Waals surface area contributed by atoms with Crippen molar-refractivity contribution in [3.8, 4) is 0 Å². The van der Waals surface area contributed by atoms with Crippen molar-refractivity contribution in [2.24, 2.45) is 5.92 Å². The van der Waals surface area contributed by atoms with Crippen molar-refractivity contribution in [3.63, 3.8) is 0 Å². The minimum absolute atomic E-state index is 0.376. The quantitative estimate of drug-likeness (QED) is 0.754. The summed E-state index contributed by atoms with van der Waals surface area (Å²) in [6, 6.07) is 9.89. The zero-order valence-corrected chi connectivity index (χ0v) is 9.45. The van der Waals surface area contributed by atoms with E-state index >= 15 is 0 Å². The second-order valence-electron chi connectivity index (χ2n) is 4.46. The Labute approximate surface area is 92.7 Å². The zero-order chi connectivity index (χ0) is 10.3. The summed E-state index contributed by atoms with van der Waals surface area (Å²) in [5.74, 6) is 0.672. The SMILES string of the molecule is O=S(c1ccccc1)C1CN2CCC1C2. The smallest absolute Gasteiger partial charge is 0.0577 e. The van der Waals surface area contributed by atoms with E-state index in [9.17, 15) is 4.21 Å². The Hall–Kier alpha value is -0.670. The molecular weight excluding hydrogens is 206 g/mol. The normalized spacial score (nSPS) is 35.6. The Bertz CT molecular complexity index is 378. The zero-order valence-electron chi connectivity index (χ0n) is 8.63. The molecule has 2 bridgehead atoms. The van der Waals surface area contributed by atoms with Crippen molar-refractivity contribution in [3.05, 3.63) is 30.3 Å². The van der Waals surface area contributed by atoms with Gasteiger partial charge >= 0.3 is 0 Å². The first-order valence-corrected chi connectivity index (χ1v) is 6.74. The summed E-state index contributed by atoms with van der Waals surface area (Å²) in [6.45, 7) is 3.42. The van der Waals surface area contributed by atoms with Crippen molar-refractivity contribution < 1.29 is 4.21 Å². The minimum Gasteiger partial charge on any atom is -0.302 e. The third kappa shape index (κ3) is 1.64. The van der Waals surface area contributed by atoms with Crippen LogP contribution in [-0.2, 0) is 10.8 Å². The highest BCUT2D eigenvalue weighted by molar-refractivity contribution is 7.85. The van der Waals surface area contributed by atoms with Gasteiger partial charge in [-0.05, 0) is 31.0 Å². The fourth-order valence-corrected chi connectivity index (χ4v) is 4.40. The molecule has 2 aliphatic heterocycles. The third-order valence-corrected chi connectivity index (χ3v) is 5.34. The van der Waals surface area contributed by atoms with Crippen LogP contribution in [0.2, 0.25) is 0 Å². The van der Waals surface area contributed by atoms with E-state index in [4.69, 9.17) is 0 Å². The van der Waals surface area contributed by atoms with Crippen LogP contribution in [-0.4, -0.2) is 34.0 Å². The van der Waals surface area contributed by atoms with E-state index in [0.717, 1.165) is 11.4 Å². The Balaban J connectivity index is 1.81. The van der Waals surface area contributed by atoms with Gasteiger partial charge in [-0.15, -0.1) is 0 Å². The Morgan fingerprint density at radius 3 is 2.60 bits per heavy atom. The van der Waals surface area contributed by atoms with Gasteiger partial charge in [-0.2, -0.15) is 0 Å². The molecule has 0 aliphatic carbocycles. The van der Waals surface area contributed by atoms with Gasteiger partial charge in [0.05, 0.1) is 16.0 Å². The van der Waals surface area contributed by atoms with Crippen molar-refractivity contribution >= 4 is 10.8 Å². The molecule has 0 amide bonds. The van der Waals surface area contributed by atoms with Gasteiger partial charge in [0, 0.05) is 18.0 Å². The van der Waals surface area contributed by atoms with Gasteiger partial charge in [0.1, 0.15) is 0 Å². The molecule has 3 heteroatoms. The average molecular weight is 221 g/mol. The largest absolute Gasteiger partial charge is 0.302 e. The van der Waals surface area contributed by atoms with Gasteiger partial charge in [0.15, 0.2) is 0 Å². The molecule has 0 aromatic heterocycles. The highest BCUT2D eigenvalue weighted by Gasteiger charge is 2.41. The first kappa shape index (κ1) is 9.55. The molecule has 1 aromatic carbocycles. The highest BCUT2D eigenvalue weighted by Crippen LogP contribution is 2.33. The fourth-order valence-electron chi connectivity index (χ4n) is 2.71. The molecule has 2 aliphatic rings. The van der Waals surface area contributed by atoms with Gasteiger partial charge in [0.2, 0.25) is 0 Å². The van der Waals surface area contributed by atoms with Gasteiger partial charge in [-0.1, -0.05) is 18.2 Å². The standard InChI is InChI=1S/C12H15NOS/c14-15(11-4-2-1-3-5-11)12-9-13-7-6-10(12)8-13/h1-5,10,12H,6-9H2. The van der Waals surface area contributed by atoms with E-state index in [0.29, 0.717) is 11.2 Å². The topological polar surface area (TPSA) is 20.3 Å². The Morgan fingerprint density at radius 2 is 2.00 bits per heavy atom. The van der Waals surface area contributed by atoms with E-state index in [1.807, 2.05) is 30.3 Å². The number of piperidine rings is 1. The molecule has 15 heavy (non-hydrogen) atoms. The summed E-state index contributed by atoms with van der Waals surface area (Å²) in [5, 5.41) is 0.376. The molecular formula is C12H15NOS. The third-order valence-electron chi connectivity index (χ3n) is 3.52. The number of hydrogen-bond acceptors (Lipinski definition) is 2. The van der Waals surface area contributed by atoms with Crippen LogP contribution in [0, 0.1) is 5.92 Å². The van der Waals surface area contributed by atoms with Crippen molar-refractivity contribution in [1.29, 1.82) is 0 Å². The summed E-state index contributed by atoms with van der Waals surface area (Å²) in [7, 11) is -0.800. The molecule has 0 N–H and O–H groups in total. The van der Waals surface area contributed by atoms with Crippen LogP contribution in [0.3, 0.4) is 0 Å². The summed E-state index contributed by atoms with van der Waals surface area (Å²) in [5.41, 5.74) is 0. The molecule has 4 atom stereocenters. The fraction of sp³-hybridized carbons (Fsp3) is 0.500. The van der Waals surface area contributed by atoms with Crippen LogP contribution in [0.5, 0.6) is 0 Å². The van der Waals surface area contributed by atoms with Gasteiger partial charge < -0.3 is 4.90 Å². The maximum Gasteiger partial charge on any atom is 0.0577 e. The lowest BCUT2D eigenvalue weighted by atomic mass is 10.1. The van der Waals surface area contributed by atoms with Crippen LogP contribution < -0.4 is 0 Å².